The SMILES string of the molecule is Cl[Si](Cl)(Cl)O[Si]O[Si]O[Si]O[Si]O[Si](O[Si](c1ccccc1)(c1ccccc1)c1ccccc1)c1ccccc1. The quantitative estimate of drug-likeness (QED) is 0.0773. The highest BCUT2D eigenvalue weighted by atomic mass is 35.8. The fourth-order valence-electron chi connectivity index (χ4n) is 3.77. The van der Waals surface area contributed by atoms with Gasteiger partial charge in [-0.1, -0.05) is 155 Å². The Kier molecular flexibility index (Phi) is 13.3. The Balaban J connectivity index is 1.55. The summed E-state index contributed by atoms with van der Waals surface area (Å²) in [5.41, 5.74) is 0. The summed E-state index contributed by atoms with van der Waals surface area (Å²) in [5, 5.41) is 4.36. The molecule has 0 fully saturated rings. The molecule has 16 heteroatoms. The fourth-order valence-corrected chi connectivity index (χ4v) is 15.3. The van der Waals surface area contributed by atoms with Gasteiger partial charge in [0.2, 0.25) is 0 Å². The molecule has 0 saturated heterocycles. The standard InChI is InChI=1S/C24H20Cl3O6Si7/c25-40(26,27)32-37-30-35-28-34-29-36-31-38(21-13-5-1-6-14-21)33-39(22-15-7-2-8-16-22,23-17-9-3-10-18-23)24-19-11-4-12-20-24/h1-20H. The van der Waals surface area contributed by atoms with Crippen molar-refractivity contribution < 1.29 is 24.7 Å². The van der Waals surface area contributed by atoms with Crippen LogP contribution in [0, 0.1) is 0 Å². The Morgan fingerprint density at radius 2 is 0.900 bits per heavy atom. The number of rotatable bonds is 16. The Morgan fingerprint density at radius 1 is 0.500 bits per heavy atom. The lowest BCUT2D eigenvalue weighted by atomic mass is 10.3. The molecule has 9 radical (unpaired) electrons. The van der Waals surface area contributed by atoms with Crippen molar-refractivity contribution in [3.63, 3.8) is 0 Å². The van der Waals surface area contributed by atoms with Gasteiger partial charge in [0.1, 0.15) is 0 Å². The Morgan fingerprint density at radius 3 is 1.35 bits per heavy atom. The maximum Gasteiger partial charge on any atom is 0.485 e. The van der Waals surface area contributed by atoms with Gasteiger partial charge in [0.15, 0.2) is 0 Å². The van der Waals surface area contributed by atoms with Gasteiger partial charge in [-0.05, 0) is 20.7 Å². The zero-order valence-corrected chi connectivity index (χ0v) is 29.9. The van der Waals surface area contributed by atoms with Gasteiger partial charge in [0.25, 0.3) is 8.32 Å². The molecule has 4 rings (SSSR count). The summed E-state index contributed by atoms with van der Waals surface area (Å²) in [6, 6.07) is 41.2. The second kappa shape index (κ2) is 16.6. The zero-order valence-electron chi connectivity index (χ0n) is 20.6. The van der Waals surface area contributed by atoms with E-state index in [0.29, 0.717) is 0 Å². The molecular weight excluding hydrogens is 687 g/mol. The van der Waals surface area contributed by atoms with Crippen LogP contribution in [0.3, 0.4) is 0 Å². The van der Waals surface area contributed by atoms with E-state index < -0.39 is 33.9 Å². The van der Waals surface area contributed by atoms with E-state index in [1.54, 1.807) is 0 Å². The highest BCUT2D eigenvalue weighted by Crippen LogP contribution is 2.19. The van der Waals surface area contributed by atoms with Crippen molar-refractivity contribution in [3.8, 4) is 0 Å². The average molecular weight is 707 g/mol. The predicted molar refractivity (Wildman–Crippen MR) is 169 cm³/mol. The Labute approximate surface area is 262 Å². The van der Waals surface area contributed by atoms with Gasteiger partial charge in [-0.2, -0.15) is 0 Å². The molecule has 0 unspecified atom stereocenters. The van der Waals surface area contributed by atoms with Gasteiger partial charge in [-0.25, -0.2) is 0 Å². The molecular formula is C24H20Cl3O6Si7. The molecule has 0 aliphatic rings. The summed E-state index contributed by atoms with van der Waals surface area (Å²) >= 11 is 16.9. The molecule has 0 saturated carbocycles. The lowest BCUT2D eigenvalue weighted by molar-refractivity contribution is 0.371. The average Bonchev–Trinajstić information content (AvgIpc) is 2.99. The first-order valence-electron chi connectivity index (χ1n) is 11.7. The molecule has 0 amide bonds. The van der Waals surface area contributed by atoms with E-state index >= 15 is 0 Å². The second-order valence-electron chi connectivity index (χ2n) is 7.82. The van der Waals surface area contributed by atoms with Crippen LogP contribution in [0.5, 0.6) is 0 Å². The predicted octanol–water partition coefficient (Wildman–Crippen LogP) is 2.44. The molecule has 0 spiro atoms. The first-order chi connectivity index (χ1) is 19.5. The summed E-state index contributed by atoms with van der Waals surface area (Å²) in [6.45, 7) is 0. The van der Waals surface area contributed by atoms with Crippen molar-refractivity contribution in [2.45, 2.75) is 0 Å². The van der Waals surface area contributed by atoms with E-state index in [9.17, 15) is 0 Å². The minimum Gasteiger partial charge on any atom is -0.421 e. The van der Waals surface area contributed by atoms with Gasteiger partial charge in [0, 0.05) is 0 Å². The van der Waals surface area contributed by atoms with Crippen LogP contribution >= 0.6 is 33.2 Å². The third-order valence-corrected chi connectivity index (χ3v) is 18.0. The molecule has 0 N–H and O–H groups in total. The van der Waals surface area contributed by atoms with Crippen LogP contribution in [0.4, 0.5) is 0 Å². The lowest BCUT2D eigenvalue weighted by Gasteiger charge is -2.35. The van der Waals surface area contributed by atoms with Crippen molar-refractivity contribution >= 4 is 118 Å². The van der Waals surface area contributed by atoms with Crippen molar-refractivity contribution in [2.24, 2.45) is 0 Å². The van der Waals surface area contributed by atoms with E-state index in [-0.39, 0.29) is 30.0 Å². The van der Waals surface area contributed by atoms with Crippen LogP contribution in [0.25, 0.3) is 0 Å². The molecule has 0 aliphatic heterocycles. The summed E-state index contributed by atoms with van der Waals surface area (Å²) in [5.74, 6) is 0. The zero-order chi connectivity index (χ0) is 28.1. The van der Waals surface area contributed by atoms with Crippen LogP contribution in [-0.2, 0) is 24.7 Å². The monoisotopic (exact) mass is 705 g/mol. The Bertz CT molecular complexity index is 1170. The van der Waals surface area contributed by atoms with Crippen molar-refractivity contribution in [1.29, 1.82) is 0 Å². The maximum absolute atomic E-state index is 7.31. The summed E-state index contributed by atoms with van der Waals surface area (Å²) in [7, 11) is -6.35. The topological polar surface area (TPSA) is 55.4 Å². The van der Waals surface area contributed by atoms with Gasteiger partial charge < -0.3 is 24.7 Å². The fraction of sp³-hybridized carbons (Fsp3) is 0. The first kappa shape index (κ1) is 32.0. The Hall–Kier alpha value is -0.972. The number of hydrogen-bond donors (Lipinski definition) is 0. The molecule has 40 heavy (non-hydrogen) atoms. The molecule has 0 aliphatic carbocycles. The lowest BCUT2D eigenvalue weighted by Crippen LogP contribution is -2.72. The molecule has 0 atom stereocenters. The van der Waals surface area contributed by atoms with Crippen molar-refractivity contribution in [1.82, 2.24) is 0 Å². The van der Waals surface area contributed by atoms with Gasteiger partial charge in [-0.15, -0.1) is 0 Å². The molecule has 0 bridgehead atoms. The molecule has 0 aromatic heterocycles. The van der Waals surface area contributed by atoms with Crippen LogP contribution in [-0.4, -0.2) is 63.9 Å². The largest absolute Gasteiger partial charge is 0.485 e. The van der Waals surface area contributed by atoms with Crippen molar-refractivity contribution in [2.75, 3.05) is 0 Å². The molecule has 6 nitrogen and oxygen atoms in total. The smallest absolute Gasteiger partial charge is 0.421 e. The van der Waals surface area contributed by atoms with Gasteiger partial charge >= 0.3 is 55.6 Å². The highest BCUT2D eigenvalue weighted by molar-refractivity contribution is 7.62. The van der Waals surface area contributed by atoms with Crippen LogP contribution in [0.1, 0.15) is 0 Å². The van der Waals surface area contributed by atoms with E-state index in [4.69, 9.17) is 57.9 Å². The summed E-state index contributed by atoms with van der Waals surface area (Å²) in [4.78, 5) is 0. The molecule has 201 valence electrons. The minimum absolute atomic E-state index is 0.298. The van der Waals surface area contributed by atoms with Gasteiger partial charge in [0.05, 0.1) is 0 Å². The summed E-state index contributed by atoms with van der Waals surface area (Å²) in [6.07, 6.45) is -3.18. The van der Waals surface area contributed by atoms with Crippen LogP contribution < -0.4 is 20.7 Å². The van der Waals surface area contributed by atoms with E-state index in [0.717, 1.165) is 20.7 Å². The third-order valence-electron chi connectivity index (χ3n) is 5.34. The number of benzene rings is 4. The van der Waals surface area contributed by atoms with Crippen LogP contribution in [0.15, 0.2) is 121 Å². The normalized spacial score (nSPS) is 12.1. The van der Waals surface area contributed by atoms with E-state index in [2.05, 4.69) is 72.8 Å². The van der Waals surface area contributed by atoms with Crippen molar-refractivity contribution in [3.05, 3.63) is 121 Å². The number of hydrogen-bond acceptors (Lipinski definition) is 6. The molecule has 4 aromatic carbocycles. The van der Waals surface area contributed by atoms with Crippen LogP contribution in [0.2, 0.25) is 0 Å². The third kappa shape index (κ3) is 9.53. The molecule has 0 heterocycles. The summed E-state index contributed by atoms with van der Waals surface area (Å²) < 4.78 is 34.9. The second-order valence-corrected chi connectivity index (χ2v) is 25.1. The van der Waals surface area contributed by atoms with E-state index in [1.807, 2.05) is 48.5 Å². The maximum atomic E-state index is 7.31. The van der Waals surface area contributed by atoms with Gasteiger partial charge in [-0.3, -0.25) is 0 Å². The minimum atomic E-state index is -3.18. The first-order valence-corrected chi connectivity index (χ1v) is 23.1. The molecule has 4 aromatic rings. The number of halogens is 3. The highest BCUT2D eigenvalue weighted by Gasteiger charge is 2.45. The van der Waals surface area contributed by atoms with E-state index in [1.165, 1.54) is 0 Å².